The van der Waals surface area contributed by atoms with Crippen LogP contribution in [0.3, 0.4) is 0 Å². The van der Waals surface area contributed by atoms with Gasteiger partial charge < -0.3 is 10.2 Å². The molecule has 3 rings (SSSR count). The fourth-order valence-corrected chi connectivity index (χ4v) is 3.53. The van der Waals surface area contributed by atoms with E-state index in [1.165, 1.54) is 11.1 Å². The number of aryl methyl sites for hydroxylation is 2. The standard InChI is InChI=1S/C15H16N2.C14H22O2.Ni/c1-11-7-6-8-12(2)15(11)17-13(3)14-9-4-5-10-16-14;1-13(2,3)9-7-8-10(14(4,5)6)12(16)11(9)15;/h4-10H,1-3H3;7-8,15-16H,1-6H3;/q;;+2/p-2. The summed E-state index contributed by atoms with van der Waals surface area (Å²) in [4.78, 5) is 8.99. The molecule has 1 heterocycles. The van der Waals surface area contributed by atoms with E-state index in [-0.39, 0.29) is 38.8 Å². The fraction of sp³-hybridized carbons (Fsp3) is 0.379. The molecule has 5 heteroatoms. The van der Waals surface area contributed by atoms with Gasteiger partial charge in [0, 0.05) is 6.20 Å². The molecule has 3 aromatic rings. The molecule has 0 spiro atoms. The Labute approximate surface area is 215 Å². The monoisotopic (exact) mass is 502 g/mol. The summed E-state index contributed by atoms with van der Waals surface area (Å²) in [6.45, 7) is 17.8. The Balaban J connectivity index is 0.000000331. The van der Waals surface area contributed by atoms with Crippen molar-refractivity contribution in [3.63, 3.8) is 0 Å². The zero-order chi connectivity index (χ0) is 25.0. The van der Waals surface area contributed by atoms with Crippen LogP contribution in [-0.4, -0.2) is 10.7 Å². The van der Waals surface area contributed by atoms with E-state index in [0.29, 0.717) is 11.1 Å². The van der Waals surface area contributed by atoms with Crippen LogP contribution < -0.4 is 10.2 Å². The quantitative estimate of drug-likeness (QED) is 0.306. The van der Waals surface area contributed by atoms with Crippen molar-refractivity contribution in [1.29, 1.82) is 0 Å². The van der Waals surface area contributed by atoms with Crippen molar-refractivity contribution in [2.45, 2.75) is 73.1 Å². The molecule has 0 aliphatic heterocycles. The van der Waals surface area contributed by atoms with Crippen molar-refractivity contribution in [3.8, 4) is 11.5 Å². The topological polar surface area (TPSA) is 71.4 Å². The van der Waals surface area contributed by atoms with Gasteiger partial charge >= 0.3 is 16.5 Å². The van der Waals surface area contributed by atoms with Crippen molar-refractivity contribution in [2.75, 3.05) is 0 Å². The van der Waals surface area contributed by atoms with E-state index in [4.69, 9.17) is 0 Å². The van der Waals surface area contributed by atoms with Crippen molar-refractivity contribution in [1.82, 2.24) is 4.98 Å². The zero-order valence-corrected chi connectivity index (χ0v) is 22.7. The number of hydrogen-bond donors (Lipinski definition) is 0. The summed E-state index contributed by atoms with van der Waals surface area (Å²) in [6, 6.07) is 15.7. The molecule has 0 saturated heterocycles. The van der Waals surface area contributed by atoms with E-state index in [1.54, 1.807) is 18.3 Å². The van der Waals surface area contributed by atoms with Crippen LogP contribution in [0, 0.1) is 13.8 Å². The molecule has 4 nitrogen and oxygen atoms in total. The molecule has 0 saturated carbocycles. The van der Waals surface area contributed by atoms with Gasteiger partial charge in [-0.05, 0) is 54.9 Å². The van der Waals surface area contributed by atoms with E-state index in [9.17, 15) is 10.2 Å². The minimum Gasteiger partial charge on any atom is -0.873 e. The summed E-state index contributed by atoms with van der Waals surface area (Å²) >= 11 is 0. The largest absolute Gasteiger partial charge is 2.00 e. The third-order valence-electron chi connectivity index (χ3n) is 5.48. The Bertz CT molecular complexity index is 1070. The van der Waals surface area contributed by atoms with Crippen LogP contribution >= 0.6 is 0 Å². The van der Waals surface area contributed by atoms with Crippen molar-refractivity contribution < 1.29 is 26.7 Å². The molecule has 0 unspecified atom stereocenters. The first-order valence-electron chi connectivity index (χ1n) is 11.3. The van der Waals surface area contributed by atoms with Gasteiger partial charge in [0.1, 0.15) is 0 Å². The number of para-hydroxylation sites is 1. The van der Waals surface area contributed by atoms with Gasteiger partial charge in [0.15, 0.2) is 0 Å². The Morgan fingerprint density at radius 1 is 0.735 bits per heavy atom. The molecule has 0 radical (unpaired) electrons. The van der Waals surface area contributed by atoms with Crippen LogP contribution in [0.15, 0.2) is 59.7 Å². The number of rotatable bonds is 2. The average Bonchev–Trinajstić information content (AvgIpc) is 2.72. The Morgan fingerprint density at radius 3 is 1.59 bits per heavy atom. The van der Waals surface area contributed by atoms with E-state index in [1.807, 2.05) is 66.7 Å². The predicted molar refractivity (Wildman–Crippen MR) is 135 cm³/mol. The molecule has 0 N–H and O–H groups in total. The average molecular weight is 503 g/mol. The Morgan fingerprint density at radius 2 is 1.21 bits per heavy atom. The van der Waals surface area contributed by atoms with Gasteiger partial charge in [-0.3, -0.25) is 9.98 Å². The number of aliphatic imine (C=N–C) groups is 1. The van der Waals surface area contributed by atoms with Gasteiger partial charge in [0.2, 0.25) is 0 Å². The molecule has 0 fully saturated rings. The van der Waals surface area contributed by atoms with Crippen LogP contribution in [0.2, 0.25) is 0 Å². The van der Waals surface area contributed by atoms with Gasteiger partial charge in [-0.1, -0.05) is 89.1 Å². The molecule has 0 bridgehead atoms. The summed E-state index contributed by atoms with van der Waals surface area (Å²) in [6.07, 6.45) is 1.79. The van der Waals surface area contributed by atoms with Crippen molar-refractivity contribution >= 4 is 11.4 Å². The summed E-state index contributed by atoms with van der Waals surface area (Å²) < 4.78 is 0. The Hall–Kier alpha value is -2.65. The molecule has 1 aromatic heterocycles. The van der Waals surface area contributed by atoms with E-state index >= 15 is 0 Å². The molecule has 2 aromatic carbocycles. The third kappa shape index (κ3) is 7.43. The Kier molecular flexibility index (Phi) is 10.1. The van der Waals surface area contributed by atoms with Crippen LogP contribution in [0.25, 0.3) is 0 Å². The van der Waals surface area contributed by atoms with Crippen LogP contribution in [0.1, 0.15) is 76.4 Å². The van der Waals surface area contributed by atoms with E-state index in [0.717, 1.165) is 17.1 Å². The summed E-state index contributed by atoms with van der Waals surface area (Å²) in [5, 5.41) is 23.9. The normalized spacial score (nSPS) is 11.9. The second-order valence-electron chi connectivity index (χ2n) is 10.5. The number of aromatic nitrogens is 1. The second kappa shape index (κ2) is 11.7. The van der Waals surface area contributed by atoms with Gasteiger partial charge in [-0.2, -0.15) is 0 Å². The predicted octanol–water partition coefficient (Wildman–Crippen LogP) is 6.27. The van der Waals surface area contributed by atoms with Gasteiger partial charge in [-0.25, -0.2) is 0 Å². The summed E-state index contributed by atoms with van der Waals surface area (Å²) in [5.41, 5.74) is 5.98. The molecule has 0 atom stereocenters. The van der Waals surface area contributed by atoms with Gasteiger partial charge in [0.25, 0.3) is 0 Å². The molecule has 0 aliphatic rings. The fourth-order valence-electron chi connectivity index (χ4n) is 3.53. The zero-order valence-electron chi connectivity index (χ0n) is 21.7. The van der Waals surface area contributed by atoms with Crippen LogP contribution in [0.4, 0.5) is 5.69 Å². The smallest absolute Gasteiger partial charge is 0.873 e. The third-order valence-corrected chi connectivity index (χ3v) is 5.48. The SMILES string of the molecule is CC(=Nc1c(C)cccc1C)c1ccccn1.CC(C)(C)c1ccc(C(C)(C)C)c([O-])c1[O-].[Ni+2]. The molecular formula is C29H36N2NiO2. The maximum Gasteiger partial charge on any atom is 2.00 e. The molecule has 0 aliphatic carbocycles. The molecular weight excluding hydrogens is 467 g/mol. The minimum absolute atomic E-state index is 0. The van der Waals surface area contributed by atoms with Gasteiger partial charge in [0.05, 0.1) is 17.1 Å². The summed E-state index contributed by atoms with van der Waals surface area (Å²) in [7, 11) is 0. The molecule has 34 heavy (non-hydrogen) atoms. The summed E-state index contributed by atoms with van der Waals surface area (Å²) in [5.74, 6) is -0.695. The van der Waals surface area contributed by atoms with Crippen molar-refractivity contribution in [2.24, 2.45) is 4.99 Å². The maximum absolute atomic E-state index is 12.0. The van der Waals surface area contributed by atoms with Crippen molar-refractivity contribution in [3.05, 3.63) is 82.7 Å². The van der Waals surface area contributed by atoms with E-state index in [2.05, 4.69) is 42.0 Å². The minimum atomic E-state index is -0.347. The maximum atomic E-state index is 12.0. The number of nitrogens with zero attached hydrogens (tertiary/aromatic N) is 2. The molecule has 0 amide bonds. The molecule has 184 valence electrons. The van der Waals surface area contributed by atoms with E-state index < -0.39 is 0 Å². The number of hydrogen-bond acceptors (Lipinski definition) is 4. The van der Waals surface area contributed by atoms with Crippen LogP contribution in [0.5, 0.6) is 11.5 Å². The number of pyridine rings is 1. The van der Waals surface area contributed by atoms with Crippen LogP contribution in [-0.2, 0) is 27.3 Å². The first-order valence-corrected chi connectivity index (χ1v) is 11.3. The van der Waals surface area contributed by atoms with Gasteiger partial charge in [-0.15, -0.1) is 11.5 Å². The second-order valence-corrected chi connectivity index (χ2v) is 10.5. The number of benzene rings is 2. The first kappa shape index (κ1) is 29.4. The first-order chi connectivity index (χ1) is 15.2.